The Labute approximate surface area is 190 Å². The van der Waals surface area contributed by atoms with Gasteiger partial charge in [-0.05, 0) is 37.1 Å². The SMILES string of the molecule is Cc1ccccc1-n1ncc(C(=O)Nc2nc(C)c(Cc3ccccc3F)s2)c1C(F)(F)F. The first-order valence-electron chi connectivity index (χ1n) is 9.87. The maximum absolute atomic E-state index is 14.0. The molecular formula is C23H18F4N4OS. The van der Waals surface area contributed by atoms with E-state index < -0.39 is 23.3 Å². The predicted molar refractivity (Wildman–Crippen MR) is 117 cm³/mol. The number of nitrogens with one attached hydrogen (secondary N) is 1. The Kier molecular flexibility index (Phi) is 6.03. The van der Waals surface area contributed by atoms with E-state index in [2.05, 4.69) is 15.4 Å². The van der Waals surface area contributed by atoms with Gasteiger partial charge in [-0.2, -0.15) is 18.3 Å². The zero-order chi connectivity index (χ0) is 23.8. The molecule has 2 heterocycles. The number of rotatable bonds is 5. The maximum atomic E-state index is 14.0. The highest BCUT2D eigenvalue weighted by Crippen LogP contribution is 2.35. The van der Waals surface area contributed by atoms with E-state index in [9.17, 15) is 22.4 Å². The largest absolute Gasteiger partial charge is 0.434 e. The van der Waals surface area contributed by atoms with Gasteiger partial charge in [0.25, 0.3) is 5.91 Å². The smallest absolute Gasteiger partial charge is 0.298 e. The number of halogens is 4. The normalized spacial score (nSPS) is 11.6. The molecule has 170 valence electrons. The number of aryl methyl sites for hydroxylation is 2. The number of alkyl halides is 3. The Hall–Kier alpha value is -3.53. The Morgan fingerprint density at radius 2 is 1.79 bits per heavy atom. The molecule has 5 nitrogen and oxygen atoms in total. The Morgan fingerprint density at radius 1 is 1.09 bits per heavy atom. The number of carbonyl (C=O) groups is 1. The van der Waals surface area contributed by atoms with Crippen LogP contribution >= 0.6 is 11.3 Å². The zero-order valence-electron chi connectivity index (χ0n) is 17.6. The number of hydrogen-bond donors (Lipinski definition) is 1. The van der Waals surface area contributed by atoms with E-state index >= 15 is 0 Å². The molecule has 4 aromatic rings. The molecule has 0 unspecified atom stereocenters. The molecule has 2 aromatic carbocycles. The van der Waals surface area contributed by atoms with Crippen LogP contribution in [0.4, 0.5) is 22.7 Å². The molecule has 0 fully saturated rings. The summed E-state index contributed by atoms with van der Waals surface area (Å²) < 4.78 is 56.4. The van der Waals surface area contributed by atoms with Crippen molar-refractivity contribution in [3.05, 3.63) is 93.5 Å². The van der Waals surface area contributed by atoms with Crippen LogP contribution < -0.4 is 5.32 Å². The first kappa shape index (κ1) is 22.7. The van der Waals surface area contributed by atoms with Crippen LogP contribution in [0.3, 0.4) is 0 Å². The Bertz CT molecular complexity index is 1330. The fraction of sp³-hybridized carbons (Fsp3) is 0.174. The molecule has 0 atom stereocenters. The molecule has 0 saturated carbocycles. The molecule has 0 spiro atoms. The van der Waals surface area contributed by atoms with Gasteiger partial charge in [-0.15, -0.1) is 11.3 Å². The third kappa shape index (κ3) is 4.65. The van der Waals surface area contributed by atoms with Crippen molar-refractivity contribution in [3.63, 3.8) is 0 Å². The van der Waals surface area contributed by atoms with Gasteiger partial charge in [0.1, 0.15) is 5.82 Å². The van der Waals surface area contributed by atoms with E-state index in [1.54, 1.807) is 50.2 Å². The number of para-hydroxylation sites is 1. The molecule has 0 aliphatic heterocycles. The highest BCUT2D eigenvalue weighted by molar-refractivity contribution is 7.15. The van der Waals surface area contributed by atoms with Crippen molar-refractivity contribution < 1.29 is 22.4 Å². The second-order valence-electron chi connectivity index (χ2n) is 7.35. The van der Waals surface area contributed by atoms with E-state index in [0.29, 0.717) is 21.7 Å². The van der Waals surface area contributed by atoms with Gasteiger partial charge in [-0.1, -0.05) is 36.4 Å². The first-order chi connectivity index (χ1) is 15.6. The highest BCUT2D eigenvalue weighted by atomic mass is 32.1. The van der Waals surface area contributed by atoms with Crippen LogP contribution in [0.15, 0.2) is 54.7 Å². The molecule has 0 aliphatic carbocycles. The van der Waals surface area contributed by atoms with Crippen molar-refractivity contribution in [2.75, 3.05) is 5.32 Å². The van der Waals surface area contributed by atoms with Gasteiger partial charge in [0.05, 0.1) is 23.1 Å². The summed E-state index contributed by atoms with van der Waals surface area (Å²) in [6.45, 7) is 3.35. The van der Waals surface area contributed by atoms with Gasteiger partial charge in [0.15, 0.2) is 10.8 Å². The summed E-state index contributed by atoms with van der Waals surface area (Å²) in [5.74, 6) is -1.34. The molecular weight excluding hydrogens is 456 g/mol. The van der Waals surface area contributed by atoms with Gasteiger partial charge in [0.2, 0.25) is 0 Å². The van der Waals surface area contributed by atoms with E-state index in [-0.39, 0.29) is 23.1 Å². The molecule has 0 saturated heterocycles. The third-order valence-electron chi connectivity index (χ3n) is 5.05. The van der Waals surface area contributed by atoms with Crippen LogP contribution in [0.25, 0.3) is 5.69 Å². The zero-order valence-corrected chi connectivity index (χ0v) is 18.4. The Morgan fingerprint density at radius 3 is 2.48 bits per heavy atom. The van der Waals surface area contributed by atoms with Gasteiger partial charge in [-0.3, -0.25) is 10.1 Å². The molecule has 10 heteroatoms. The molecule has 0 aliphatic rings. The summed E-state index contributed by atoms with van der Waals surface area (Å²) in [6.07, 6.45) is -3.67. The number of hydrogen-bond acceptors (Lipinski definition) is 4. The van der Waals surface area contributed by atoms with Crippen molar-refractivity contribution in [2.45, 2.75) is 26.4 Å². The lowest BCUT2D eigenvalue weighted by Crippen LogP contribution is -2.21. The molecule has 1 N–H and O–H groups in total. The summed E-state index contributed by atoms with van der Waals surface area (Å²) in [7, 11) is 0. The monoisotopic (exact) mass is 474 g/mol. The lowest BCUT2D eigenvalue weighted by atomic mass is 10.1. The minimum absolute atomic E-state index is 0.126. The number of anilines is 1. The van der Waals surface area contributed by atoms with Gasteiger partial charge >= 0.3 is 6.18 Å². The number of benzene rings is 2. The van der Waals surface area contributed by atoms with Crippen LogP contribution in [0.2, 0.25) is 0 Å². The van der Waals surface area contributed by atoms with Crippen molar-refractivity contribution in [3.8, 4) is 5.69 Å². The standard InChI is InChI=1S/C23H18F4N4OS/c1-13-7-3-6-10-18(13)31-20(23(25,26)27)16(12-28-31)21(32)30-22-29-14(2)19(33-22)11-15-8-4-5-9-17(15)24/h3-10,12H,11H2,1-2H3,(H,29,30,32). The quantitative estimate of drug-likeness (QED) is 0.364. The number of aromatic nitrogens is 3. The van der Waals surface area contributed by atoms with Crippen molar-refractivity contribution in [1.82, 2.24) is 14.8 Å². The topological polar surface area (TPSA) is 59.8 Å². The average molecular weight is 474 g/mol. The minimum atomic E-state index is -4.82. The van der Waals surface area contributed by atoms with Crippen molar-refractivity contribution in [1.29, 1.82) is 0 Å². The molecule has 4 rings (SSSR count). The minimum Gasteiger partial charge on any atom is -0.298 e. The predicted octanol–water partition coefficient (Wildman–Crippen LogP) is 5.95. The van der Waals surface area contributed by atoms with Gasteiger partial charge in [0, 0.05) is 11.3 Å². The number of thiazole rings is 1. The van der Waals surface area contributed by atoms with E-state index in [0.717, 1.165) is 22.2 Å². The fourth-order valence-corrected chi connectivity index (χ4v) is 4.38. The second kappa shape index (κ2) is 8.78. The lowest BCUT2D eigenvalue weighted by molar-refractivity contribution is -0.143. The number of nitrogens with zero attached hydrogens (tertiary/aromatic N) is 3. The highest BCUT2D eigenvalue weighted by Gasteiger charge is 2.41. The number of carbonyl (C=O) groups excluding carboxylic acids is 1. The molecule has 33 heavy (non-hydrogen) atoms. The van der Waals surface area contributed by atoms with E-state index in [1.165, 1.54) is 12.1 Å². The van der Waals surface area contributed by atoms with E-state index in [1.807, 2.05) is 0 Å². The molecule has 2 aromatic heterocycles. The second-order valence-corrected chi connectivity index (χ2v) is 8.44. The van der Waals surface area contributed by atoms with Crippen LogP contribution in [-0.2, 0) is 12.6 Å². The third-order valence-corrected chi connectivity index (χ3v) is 6.12. The van der Waals surface area contributed by atoms with Gasteiger partial charge in [-0.25, -0.2) is 14.1 Å². The van der Waals surface area contributed by atoms with Crippen molar-refractivity contribution in [2.24, 2.45) is 0 Å². The first-order valence-corrected chi connectivity index (χ1v) is 10.7. The molecule has 0 radical (unpaired) electrons. The maximum Gasteiger partial charge on any atom is 0.434 e. The average Bonchev–Trinajstić information content (AvgIpc) is 3.34. The van der Waals surface area contributed by atoms with Crippen LogP contribution in [0, 0.1) is 19.7 Å². The fourth-order valence-electron chi connectivity index (χ4n) is 3.40. The summed E-state index contributed by atoms with van der Waals surface area (Å²) >= 11 is 1.09. The van der Waals surface area contributed by atoms with E-state index in [4.69, 9.17) is 0 Å². The summed E-state index contributed by atoms with van der Waals surface area (Å²) in [5.41, 5.74) is 0.0298. The summed E-state index contributed by atoms with van der Waals surface area (Å²) in [5, 5.41) is 6.40. The van der Waals surface area contributed by atoms with Crippen LogP contribution in [0.5, 0.6) is 0 Å². The van der Waals surface area contributed by atoms with Gasteiger partial charge < -0.3 is 0 Å². The number of amides is 1. The summed E-state index contributed by atoms with van der Waals surface area (Å²) in [6, 6.07) is 12.7. The Balaban J connectivity index is 1.63. The molecule has 0 bridgehead atoms. The van der Waals surface area contributed by atoms with Crippen LogP contribution in [-0.4, -0.2) is 20.7 Å². The molecule has 1 amide bonds. The van der Waals surface area contributed by atoms with Crippen molar-refractivity contribution >= 4 is 22.4 Å². The summed E-state index contributed by atoms with van der Waals surface area (Å²) in [4.78, 5) is 17.7. The lowest BCUT2D eigenvalue weighted by Gasteiger charge is -2.14. The van der Waals surface area contributed by atoms with Crippen LogP contribution in [0.1, 0.15) is 37.7 Å².